The molecule has 0 unspecified atom stereocenters. The minimum atomic E-state index is 0. The van der Waals surface area contributed by atoms with Gasteiger partial charge >= 0.3 is 0 Å². The summed E-state index contributed by atoms with van der Waals surface area (Å²) in [6.45, 7) is 13.8. The van der Waals surface area contributed by atoms with Crippen molar-refractivity contribution in [1.29, 1.82) is 0 Å². The van der Waals surface area contributed by atoms with Gasteiger partial charge in [-0.1, -0.05) is 108 Å². The van der Waals surface area contributed by atoms with E-state index in [9.17, 15) is 0 Å². The number of fused-ring (bicyclic) bond motifs is 1. The van der Waals surface area contributed by atoms with E-state index in [4.69, 9.17) is 10.2 Å². The molecule has 0 aromatic heterocycles. The molecule has 0 spiro atoms. The van der Waals surface area contributed by atoms with E-state index < -0.39 is 0 Å². The van der Waals surface area contributed by atoms with Gasteiger partial charge in [-0.15, -0.1) is 6.58 Å². The zero-order valence-electron chi connectivity index (χ0n) is 20.7. The normalized spacial score (nSPS) is 8.12. The molecule has 3 rings (SSSR count). The maximum atomic E-state index is 9.09. The van der Waals surface area contributed by atoms with E-state index >= 15 is 0 Å². The summed E-state index contributed by atoms with van der Waals surface area (Å²) in [5.41, 5.74) is 0.505. The van der Waals surface area contributed by atoms with Crippen LogP contribution in [0, 0.1) is 0 Å². The first-order valence-electron chi connectivity index (χ1n) is 10.7. The maximum absolute atomic E-state index is 9.09. The molecular weight excluding hydrogens is 448 g/mol. The molecule has 4 nitrogen and oxygen atoms in total. The minimum Gasteiger partial charge on any atom is -0.506 e. The summed E-state index contributed by atoms with van der Waals surface area (Å²) in [5.74, 6) is 0.160. The number of hydrogen-bond donors (Lipinski definition) is 2. The fourth-order valence-corrected chi connectivity index (χ4v) is 1.79. The van der Waals surface area contributed by atoms with Gasteiger partial charge in [0.25, 0.3) is 0 Å². The van der Waals surface area contributed by atoms with E-state index in [1.807, 2.05) is 19.9 Å². The Hall–Kier alpha value is -2.46. The van der Waals surface area contributed by atoms with Crippen LogP contribution < -0.4 is 0 Å². The number of phenols is 1. The summed E-state index contributed by atoms with van der Waals surface area (Å²) >= 11 is 0. The van der Waals surface area contributed by atoms with Gasteiger partial charge in [0.15, 0.2) is 0 Å². The van der Waals surface area contributed by atoms with Gasteiger partial charge in [-0.2, -0.15) is 10.2 Å². The third-order valence-electron chi connectivity index (χ3n) is 3.04. The molecule has 0 saturated carbocycles. The van der Waals surface area contributed by atoms with Gasteiger partial charge in [0.1, 0.15) is 11.4 Å². The molecule has 0 atom stereocenters. The molecule has 3 aromatic carbocycles. The number of phenolic OH excluding ortho intramolecular Hbond substituents is 1. The average molecular weight is 490 g/mol. The largest absolute Gasteiger partial charge is 0.506 e. The number of nitrogens with zero attached hydrogens (tertiary/aromatic N) is 2. The number of benzene rings is 3. The second-order valence-electron chi connectivity index (χ2n) is 5.54. The summed E-state index contributed by atoms with van der Waals surface area (Å²) in [6.07, 6.45) is 4.21. The number of aliphatic hydroxyl groups is 1. The van der Waals surface area contributed by atoms with Crippen LogP contribution in [-0.2, 0) is 17.1 Å². The van der Waals surface area contributed by atoms with Crippen molar-refractivity contribution in [2.24, 2.45) is 10.2 Å². The molecule has 0 fully saturated rings. The molecule has 0 aliphatic rings. The molecule has 2 N–H and O–H groups in total. The summed E-state index contributed by atoms with van der Waals surface area (Å²) in [6, 6.07) is 23.5. The van der Waals surface area contributed by atoms with E-state index in [0.717, 1.165) is 13.5 Å². The van der Waals surface area contributed by atoms with E-state index in [2.05, 4.69) is 86.1 Å². The first kappa shape index (κ1) is 36.9. The molecule has 0 heterocycles. The van der Waals surface area contributed by atoms with Gasteiger partial charge in [-0.05, 0) is 29.3 Å². The van der Waals surface area contributed by atoms with Crippen molar-refractivity contribution in [2.75, 3.05) is 14.2 Å². The van der Waals surface area contributed by atoms with Crippen LogP contribution in [0.25, 0.3) is 10.8 Å². The molecule has 183 valence electrons. The predicted molar refractivity (Wildman–Crippen MR) is 138 cm³/mol. The molecule has 1 radical (unpaired) electrons. The topological polar surface area (TPSA) is 65.2 Å². The van der Waals surface area contributed by atoms with Gasteiger partial charge < -0.3 is 10.2 Å². The second kappa shape index (κ2) is 30.7. The van der Waals surface area contributed by atoms with Crippen LogP contribution in [-0.4, -0.2) is 24.4 Å². The predicted octanol–water partition coefficient (Wildman–Crippen LogP) is 8.58. The van der Waals surface area contributed by atoms with Crippen LogP contribution in [0.15, 0.2) is 95.7 Å². The van der Waals surface area contributed by atoms with Crippen molar-refractivity contribution >= 4 is 16.5 Å². The molecular formula is C27H42CuN2O2. The Morgan fingerprint density at radius 3 is 1.38 bits per heavy atom. The summed E-state index contributed by atoms with van der Waals surface area (Å²) in [5, 5.41) is 25.9. The molecule has 5 heteroatoms. The summed E-state index contributed by atoms with van der Waals surface area (Å²) in [7, 11) is 2.56. The minimum absolute atomic E-state index is 0. The Labute approximate surface area is 206 Å². The monoisotopic (exact) mass is 489 g/mol. The van der Waals surface area contributed by atoms with Crippen LogP contribution in [0.2, 0.25) is 0 Å². The Bertz CT molecular complexity index is 728. The molecule has 0 aliphatic carbocycles. The van der Waals surface area contributed by atoms with Crippen molar-refractivity contribution < 1.29 is 27.3 Å². The Morgan fingerprint density at radius 2 is 1.09 bits per heavy atom. The van der Waals surface area contributed by atoms with Gasteiger partial charge in [-0.25, -0.2) is 0 Å². The van der Waals surface area contributed by atoms with Crippen molar-refractivity contribution in [2.45, 2.75) is 47.5 Å². The van der Waals surface area contributed by atoms with Crippen LogP contribution in [0.4, 0.5) is 5.69 Å². The van der Waals surface area contributed by atoms with Crippen molar-refractivity contribution in [1.82, 2.24) is 0 Å². The second-order valence-corrected chi connectivity index (χ2v) is 5.54. The van der Waals surface area contributed by atoms with E-state index in [0.29, 0.717) is 5.69 Å². The van der Waals surface area contributed by atoms with Gasteiger partial charge in [0.2, 0.25) is 0 Å². The first-order valence-corrected chi connectivity index (χ1v) is 10.7. The van der Waals surface area contributed by atoms with Gasteiger partial charge in [0, 0.05) is 31.2 Å². The number of allylic oxidation sites excluding steroid dienone is 1. The zero-order valence-corrected chi connectivity index (χ0v) is 21.7. The number of rotatable bonds is 2. The zero-order chi connectivity index (χ0) is 24.3. The number of azo groups is 1. The molecule has 0 amide bonds. The first-order chi connectivity index (χ1) is 15.1. The number of para-hydroxylation sites is 1. The van der Waals surface area contributed by atoms with E-state index in [1.54, 1.807) is 31.3 Å². The molecule has 3 aromatic rings. The van der Waals surface area contributed by atoms with Crippen molar-refractivity contribution in [3.63, 3.8) is 0 Å². The fourth-order valence-electron chi connectivity index (χ4n) is 1.79. The SMILES string of the molecule is C=CCC.CC.CCC.CN=Nc1ccccc1O.CO.[Cu].c1ccc2ccccc2c1. The third-order valence-corrected chi connectivity index (χ3v) is 3.04. The fraction of sp³-hybridized carbons (Fsp3) is 0.333. The average Bonchev–Trinajstić information content (AvgIpc) is 2.84. The van der Waals surface area contributed by atoms with E-state index in [-0.39, 0.29) is 22.8 Å². The molecule has 0 bridgehead atoms. The smallest absolute Gasteiger partial charge is 0.143 e. The van der Waals surface area contributed by atoms with Gasteiger partial charge in [-0.3, -0.25) is 0 Å². The van der Waals surface area contributed by atoms with E-state index in [1.165, 1.54) is 17.2 Å². The van der Waals surface area contributed by atoms with Crippen molar-refractivity contribution in [3.8, 4) is 5.75 Å². The van der Waals surface area contributed by atoms with Crippen LogP contribution in [0.3, 0.4) is 0 Å². The summed E-state index contributed by atoms with van der Waals surface area (Å²) in [4.78, 5) is 0. The van der Waals surface area contributed by atoms with Crippen molar-refractivity contribution in [3.05, 3.63) is 85.5 Å². The number of hydrogen-bond acceptors (Lipinski definition) is 4. The number of aromatic hydroxyl groups is 1. The third kappa shape index (κ3) is 20.8. The van der Waals surface area contributed by atoms with Crippen LogP contribution in [0.1, 0.15) is 47.5 Å². The molecule has 0 saturated heterocycles. The Balaban J connectivity index is -0.000000168. The van der Waals surface area contributed by atoms with Gasteiger partial charge in [0.05, 0.1) is 0 Å². The number of aliphatic hydroxyl groups excluding tert-OH is 1. The quantitative estimate of drug-likeness (QED) is 0.215. The van der Waals surface area contributed by atoms with Crippen LogP contribution >= 0.6 is 0 Å². The molecule has 0 aliphatic heterocycles. The van der Waals surface area contributed by atoms with Crippen LogP contribution in [0.5, 0.6) is 5.75 Å². The molecule has 32 heavy (non-hydrogen) atoms. The Kier molecular flexibility index (Phi) is 35.4. The summed E-state index contributed by atoms with van der Waals surface area (Å²) < 4.78 is 0. The maximum Gasteiger partial charge on any atom is 0.143 e. The standard InChI is InChI=1S/C10H8.C7H8N2O.C4H8.C3H8.C2H6.CH4O.Cu/c1-2-6-10-8-4-3-7-9(10)5-1;1-8-9-6-4-2-3-5-7(6)10;1-3-4-2;1-3-2;2*1-2;/h1-8H;2-5,10H,1H3;3H,1,4H2,2H3;3H2,1-2H3;1-2H3;2H,1H3;. The Morgan fingerprint density at radius 1 is 0.781 bits per heavy atom.